The average molecular weight is 212 g/mol. The van der Waals surface area contributed by atoms with Gasteiger partial charge in [0.05, 0.1) is 0 Å². The largest absolute Gasteiger partial charge is 0.480 e. The monoisotopic (exact) mass is 212 g/mol. The van der Waals surface area contributed by atoms with Crippen molar-refractivity contribution in [1.82, 2.24) is 0 Å². The predicted molar refractivity (Wildman–Crippen MR) is 40.1 cm³/mol. The van der Waals surface area contributed by atoms with E-state index in [9.17, 15) is 18.0 Å². The van der Waals surface area contributed by atoms with Crippen molar-refractivity contribution >= 4 is 22.0 Å². The fourth-order valence-electron chi connectivity index (χ4n) is 0.639. The summed E-state index contributed by atoms with van der Waals surface area (Å²) in [6.45, 7) is 0. The number of carboxylic acids is 1. The van der Waals surface area contributed by atoms with E-state index in [1.165, 1.54) is 0 Å². The number of carboxylic acid groups (broad SMARTS) is 1. The van der Waals surface area contributed by atoms with E-state index >= 15 is 0 Å². The van der Waals surface area contributed by atoms with Gasteiger partial charge in [-0.2, -0.15) is 8.42 Å². The summed E-state index contributed by atoms with van der Waals surface area (Å²) in [5, 5.41) is 5.93. The van der Waals surface area contributed by atoms with E-state index in [0.29, 0.717) is 0 Å². The minimum absolute atomic E-state index is 1.52. The maximum Gasteiger partial charge on any atom is 0.322 e. The van der Waals surface area contributed by atoms with E-state index in [1.54, 1.807) is 0 Å². The Balaban J connectivity index is 5.07. The summed E-state index contributed by atoms with van der Waals surface area (Å²) in [5.41, 5.74) is 9.35. The lowest BCUT2D eigenvalue weighted by molar-refractivity contribution is -0.140. The first kappa shape index (κ1) is 11.8. The van der Waals surface area contributed by atoms with Gasteiger partial charge in [0.1, 0.15) is 6.04 Å². The van der Waals surface area contributed by atoms with Gasteiger partial charge in [0.15, 0.2) is 5.25 Å². The third-order valence-electron chi connectivity index (χ3n) is 1.21. The summed E-state index contributed by atoms with van der Waals surface area (Å²) >= 11 is 0. The smallest absolute Gasteiger partial charge is 0.322 e. The summed E-state index contributed by atoms with van der Waals surface area (Å²) in [6, 6.07) is -2.08. The molecule has 8 nitrogen and oxygen atoms in total. The number of nitrogens with two attached hydrogens (primary N) is 2. The molecular formula is C4H8N2O6S. The van der Waals surface area contributed by atoms with Crippen LogP contribution in [0.2, 0.25) is 0 Å². The number of hydrogen-bond acceptors (Lipinski definition) is 5. The molecular weight excluding hydrogens is 204 g/mol. The van der Waals surface area contributed by atoms with Gasteiger partial charge in [0.2, 0.25) is 5.91 Å². The molecule has 0 aromatic heterocycles. The molecule has 0 saturated heterocycles. The number of carbonyl (C=O) groups excluding carboxylic acids is 1. The fourth-order valence-corrected chi connectivity index (χ4v) is 1.42. The van der Waals surface area contributed by atoms with Crippen LogP contribution in [-0.4, -0.2) is 41.2 Å². The fraction of sp³-hybridized carbons (Fsp3) is 0.500. The Hall–Kier alpha value is -1.19. The van der Waals surface area contributed by atoms with Gasteiger partial charge < -0.3 is 16.6 Å². The van der Waals surface area contributed by atoms with Gasteiger partial charge in [-0.25, -0.2) is 0 Å². The molecule has 0 heterocycles. The van der Waals surface area contributed by atoms with E-state index in [2.05, 4.69) is 5.73 Å². The van der Waals surface area contributed by atoms with Gasteiger partial charge in [-0.1, -0.05) is 0 Å². The quantitative estimate of drug-likeness (QED) is 0.364. The Labute approximate surface area is 73.3 Å². The van der Waals surface area contributed by atoms with Gasteiger partial charge in [-0.05, 0) is 0 Å². The van der Waals surface area contributed by atoms with Crippen LogP contribution in [0, 0.1) is 0 Å². The highest BCUT2D eigenvalue weighted by molar-refractivity contribution is 7.87. The highest BCUT2D eigenvalue weighted by Gasteiger charge is 2.39. The average Bonchev–Trinajstić information content (AvgIpc) is 1.82. The van der Waals surface area contributed by atoms with Crippen LogP contribution in [0.5, 0.6) is 0 Å². The second-order valence-corrected chi connectivity index (χ2v) is 3.74. The molecule has 0 fully saturated rings. The lowest BCUT2D eigenvalue weighted by Gasteiger charge is -2.13. The summed E-state index contributed by atoms with van der Waals surface area (Å²) < 4.78 is 29.3. The number of hydrogen-bond donors (Lipinski definition) is 4. The van der Waals surface area contributed by atoms with Crippen LogP contribution in [0.25, 0.3) is 0 Å². The van der Waals surface area contributed by atoms with Gasteiger partial charge in [0, 0.05) is 0 Å². The van der Waals surface area contributed by atoms with Crippen LogP contribution in [0.4, 0.5) is 0 Å². The molecule has 0 aromatic rings. The summed E-state index contributed by atoms with van der Waals surface area (Å²) in [7, 11) is -4.89. The van der Waals surface area contributed by atoms with Gasteiger partial charge >= 0.3 is 5.97 Å². The van der Waals surface area contributed by atoms with E-state index in [1.807, 2.05) is 0 Å². The molecule has 0 spiro atoms. The van der Waals surface area contributed by atoms with Crippen LogP contribution in [0.3, 0.4) is 0 Å². The van der Waals surface area contributed by atoms with Gasteiger partial charge in [-0.3, -0.25) is 14.1 Å². The molecule has 0 unspecified atom stereocenters. The number of amides is 1. The summed E-state index contributed by atoms with van der Waals surface area (Å²) in [5.74, 6) is -3.26. The van der Waals surface area contributed by atoms with E-state index in [0.717, 1.165) is 0 Å². The molecule has 6 N–H and O–H groups in total. The molecule has 0 aliphatic heterocycles. The highest BCUT2D eigenvalue weighted by Crippen LogP contribution is 2.02. The second kappa shape index (κ2) is 3.68. The van der Waals surface area contributed by atoms with Crippen LogP contribution in [-0.2, 0) is 19.7 Å². The topological polar surface area (TPSA) is 161 Å². The zero-order chi connectivity index (χ0) is 10.8. The molecule has 0 rings (SSSR count). The Morgan fingerprint density at radius 2 is 1.69 bits per heavy atom. The zero-order valence-electron chi connectivity index (χ0n) is 6.25. The van der Waals surface area contributed by atoms with E-state index in [-0.39, 0.29) is 0 Å². The third-order valence-corrected chi connectivity index (χ3v) is 2.38. The van der Waals surface area contributed by atoms with Crippen LogP contribution < -0.4 is 11.5 Å². The van der Waals surface area contributed by atoms with Gasteiger partial charge in [-0.15, -0.1) is 0 Å². The normalized spacial score (nSPS) is 16.2. The first-order valence-corrected chi connectivity index (χ1v) is 4.42. The predicted octanol–water partition coefficient (Wildman–Crippen LogP) is -2.86. The molecule has 0 aliphatic carbocycles. The second-order valence-electron chi connectivity index (χ2n) is 2.20. The minimum atomic E-state index is -4.89. The van der Waals surface area contributed by atoms with Crippen molar-refractivity contribution in [2.45, 2.75) is 11.3 Å². The van der Waals surface area contributed by atoms with Crippen molar-refractivity contribution in [1.29, 1.82) is 0 Å². The number of aliphatic carboxylic acids is 1. The molecule has 0 aromatic carbocycles. The molecule has 2 atom stereocenters. The van der Waals surface area contributed by atoms with E-state index < -0.39 is 33.3 Å². The van der Waals surface area contributed by atoms with Crippen molar-refractivity contribution < 1.29 is 27.7 Å². The lowest BCUT2D eigenvalue weighted by Crippen LogP contribution is -2.52. The number of primary amides is 1. The van der Waals surface area contributed by atoms with Crippen LogP contribution >= 0.6 is 0 Å². The lowest BCUT2D eigenvalue weighted by atomic mass is 10.2. The molecule has 13 heavy (non-hydrogen) atoms. The maximum atomic E-state index is 10.4. The Morgan fingerprint density at radius 1 is 1.31 bits per heavy atom. The summed E-state index contributed by atoms with van der Waals surface area (Å²) in [4.78, 5) is 20.6. The van der Waals surface area contributed by atoms with Crippen molar-refractivity contribution in [3.63, 3.8) is 0 Å². The van der Waals surface area contributed by atoms with Crippen LogP contribution in [0.15, 0.2) is 0 Å². The molecule has 0 bridgehead atoms. The van der Waals surface area contributed by atoms with Crippen molar-refractivity contribution in [3.05, 3.63) is 0 Å². The van der Waals surface area contributed by atoms with Gasteiger partial charge in [0.25, 0.3) is 10.1 Å². The Morgan fingerprint density at radius 3 is 1.77 bits per heavy atom. The SMILES string of the molecule is NC(=O)[C@H]([C@H](N)C(=O)O)S(=O)(=O)O. The van der Waals surface area contributed by atoms with Crippen molar-refractivity contribution in [2.75, 3.05) is 0 Å². The number of carbonyl (C=O) groups is 2. The standard InChI is InChI=1S/C4H8N2O6S/c5-1(4(8)9)2(3(6)7)13(10,11)12/h1-2H,5H2,(H2,6,7)(H,8,9)(H,10,11,12)/t1-,2-/m0/s1. The first-order chi connectivity index (χ1) is 5.68. The zero-order valence-corrected chi connectivity index (χ0v) is 7.06. The molecule has 76 valence electrons. The molecule has 9 heteroatoms. The first-order valence-electron chi connectivity index (χ1n) is 2.92. The highest BCUT2D eigenvalue weighted by atomic mass is 32.2. The third kappa shape index (κ3) is 2.97. The van der Waals surface area contributed by atoms with E-state index in [4.69, 9.17) is 15.4 Å². The molecule has 0 aliphatic rings. The minimum Gasteiger partial charge on any atom is -0.480 e. The maximum absolute atomic E-state index is 10.4. The van der Waals surface area contributed by atoms with Crippen molar-refractivity contribution in [2.24, 2.45) is 11.5 Å². The molecule has 1 amide bonds. The molecule has 0 saturated carbocycles. The van der Waals surface area contributed by atoms with Crippen LogP contribution in [0.1, 0.15) is 0 Å². The Bertz CT molecular complexity index is 322. The number of rotatable bonds is 4. The Kier molecular flexibility index (Phi) is 3.34. The summed E-state index contributed by atoms with van der Waals surface area (Å²) in [6.07, 6.45) is 0. The van der Waals surface area contributed by atoms with Crippen molar-refractivity contribution in [3.8, 4) is 0 Å². The molecule has 0 radical (unpaired) electrons.